The molecule has 3 nitrogen and oxygen atoms in total. The predicted octanol–water partition coefficient (Wildman–Crippen LogP) is 5.55. The van der Waals surface area contributed by atoms with Crippen LogP contribution < -0.4 is 0 Å². The molecular formula is C25H36N2O. The summed E-state index contributed by atoms with van der Waals surface area (Å²) in [5.41, 5.74) is 2.41. The summed E-state index contributed by atoms with van der Waals surface area (Å²) in [4.78, 5) is 2.46. The highest BCUT2D eigenvalue weighted by atomic mass is 16.3. The van der Waals surface area contributed by atoms with E-state index in [9.17, 15) is 5.11 Å². The third-order valence-corrected chi connectivity index (χ3v) is 5.59. The topological polar surface area (TPSA) is 28.4 Å². The Morgan fingerprint density at radius 2 is 1.25 bits per heavy atom. The molecule has 0 radical (unpaired) electrons. The lowest BCUT2D eigenvalue weighted by Gasteiger charge is -2.27. The SMILES string of the molecule is CC(C)CCN(CCC(C)C)CC(O)Cn1c2ccccc2c2ccccc21. The first kappa shape index (κ1) is 20.9. The van der Waals surface area contributed by atoms with E-state index >= 15 is 0 Å². The van der Waals surface area contributed by atoms with Crippen LogP contribution in [0, 0.1) is 11.8 Å². The highest BCUT2D eigenvalue weighted by Gasteiger charge is 2.16. The van der Waals surface area contributed by atoms with Crippen molar-refractivity contribution in [2.24, 2.45) is 11.8 Å². The van der Waals surface area contributed by atoms with Crippen molar-refractivity contribution in [3.63, 3.8) is 0 Å². The number of rotatable bonds is 10. The maximum absolute atomic E-state index is 11.0. The number of para-hydroxylation sites is 2. The number of fused-ring (bicyclic) bond motifs is 3. The monoisotopic (exact) mass is 380 g/mol. The van der Waals surface area contributed by atoms with Crippen molar-refractivity contribution in [3.05, 3.63) is 48.5 Å². The molecule has 3 aromatic rings. The van der Waals surface area contributed by atoms with Crippen LogP contribution in [0.5, 0.6) is 0 Å². The quantitative estimate of drug-likeness (QED) is 0.499. The largest absolute Gasteiger partial charge is 0.390 e. The predicted molar refractivity (Wildman–Crippen MR) is 121 cm³/mol. The zero-order valence-corrected chi connectivity index (χ0v) is 17.9. The lowest BCUT2D eigenvalue weighted by atomic mass is 10.1. The fourth-order valence-electron chi connectivity index (χ4n) is 3.94. The third kappa shape index (κ3) is 5.15. The molecule has 0 saturated heterocycles. The highest BCUT2D eigenvalue weighted by Crippen LogP contribution is 2.28. The van der Waals surface area contributed by atoms with Crippen LogP contribution in [0.2, 0.25) is 0 Å². The molecular weight excluding hydrogens is 344 g/mol. The van der Waals surface area contributed by atoms with E-state index in [1.807, 2.05) is 0 Å². The van der Waals surface area contributed by atoms with Gasteiger partial charge in [0.15, 0.2) is 0 Å². The summed E-state index contributed by atoms with van der Waals surface area (Å²) in [6.07, 6.45) is 1.99. The highest BCUT2D eigenvalue weighted by molar-refractivity contribution is 6.07. The van der Waals surface area contributed by atoms with E-state index in [0.29, 0.717) is 18.4 Å². The lowest BCUT2D eigenvalue weighted by Crippen LogP contribution is -2.37. The molecule has 1 unspecified atom stereocenters. The molecule has 0 bridgehead atoms. The van der Waals surface area contributed by atoms with Gasteiger partial charge in [-0.1, -0.05) is 64.1 Å². The summed E-state index contributed by atoms with van der Waals surface area (Å²) in [6.45, 7) is 12.6. The molecule has 2 aromatic carbocycles. The molecule has 1 N–H and O–H groups in total. The van der Waals surface area contributed by atoms with Gasteiger partial charge in [-0.2, -0.15) is 0 Å². The van der Waals surface area contributed by atoms with E-state index in [1.54, 1.807) is 0 Å². The smallest absolute Gasteiger partial charge is 0.0845 e. The van der Waals surface area contributed by atoms with E-state index in [-0.39, 0.29) is 6.10 Å². The molecule has 1 atom stereocenters. The lowest BCUT2D eigenvalue weighted by molar-refractivity contribution is 0.0947. The van der Waals surface area contributed by atoms with Gasteiger partial charge in [-0.15, -0.1) is 0 Å². The number of aliphatic hydroxyl groups is 1. The summed E-state index contributed by atoms with van der Waals surface area (Å²) in [5, 5.41) is 13.5. The Hall–Kier alpha value is -1.84. The first-order valence-corrected chi connectivity index (χ1v) is 10.8. The van der Waals surface area contributed by atoms with Crippen molar-refractivity contribution in [2.45, 2.75) is 53.2 Å². The van der Waals surface area contributed by atoms with Crippen LogP contribution in [-0.4, -0.2) is 40.3 Å². The van der Waals surface area contributed by atoms with Gasteiger partial charge in [-0.05, 0) is 49.9 Å². The van der Waals surface area contributed by atoms with Gasteiger partial charge in [-0.3, -0.25) is 0 Å². The van der Waals surface area contributed by atoms with Crippen LogP contribution in [0.4, 0.5) is 0 Å². The molecule has 1 heterocycles. The zero-order valence-electron chi connectivity index (χ0n) is 17.9. The summed E-state index contributed by atoms with van der Waals surface area (Å²) < 4.78 is 2.29. The van der Waals surface area contributed by atoms with E-state index in [2.05, 4.69) is 85.7 Å². The average molecular weight is 381 g/mol. The molecule has 3 heteroatoms. The Labute approximate surface area is 170 Å². The minimum atomic E-state index is -0.376. The minimum Gasteiger partial charge on any atom is -0.390 e. The van der Waals surface area contributed by atoms with Gasteiger partial charge < -0.3 is 14.6 Å². The maximum atomic E-state index is 11.0. The van der Waals surface area contributed by atoms with E-state index in [1.165, 1.54) is 34.6 Å². The van der Waals surface area contributed by atoms with Crippen molar-refractivity contribution in [3.8, 4) is 0 Å². The average Bonchev–Trinajstić information content (AvgIpc) is 2.98. The number of hydrogen-bond donors (Lipinski definition) is 1. The zero-order chi connectivity index (χ0) is 20.1. The Kier molecular flexibility index (Phi) is 7.14. The van der Waals surface area contributed by atoms with E-state index in [4.69, 9.17) is 0 Å². The molecule has 0 aliphatic heterocycles. The van der Waals surface area contributed by atoms with Crippen LogP contribution in [0.1, 0.15) is 40.5 Å². The van der Waals surface area contributed by atoms with Crippen molar-refractivity contribution in [2.75, 3.05) is 19.6 Å². The summed E-state index contributed by atoms with van der Waals surface area (Å²) in [5.74, 6) is 1.38. The molecule has 0 aliphatic rings. The molecule has 0 spiro atoms. The Balaban J connectivity index is 1.77. The van der Waals surface area contributed by atoms with Gasteiger partial charge >= 0.3 is 0 Å². The second-order valence-corrected chi connectivity index (χ2v) is 8.96. The van der Waals surface area contributed by atoms with Crippen LogP contribution in [-0.2, 0) is 6.54 Å². The van der Waals surface area contributed by atoms with Gasteiger partial charge in [-0.25, -0.2) is 0 Å². The minimum absolute atomic E-state index is 0.376. The standard InChI is InChI=1S/C25H36N2O/c1-19(2)13-15-26(16-14-20(3)4)17-21(28)18-27-24-11-7-5-9-22(24)23-10-6-8-12-25(23)27/h5-12,19-21,28H,13-18H2,1-4H3. The Morgan fingerprint density at radius 3 is 1.71 bits per heavy atom. The molecule has 152 valence electrons. The fourth-order valence-corrected chi connectivity index (χ4v) is 3.94. The molecule has 28 heavy (non-hydrogen) atoms. The van der Waals surface area contributed by atoms with Gasteiger partial charge in [0.25, 0.3) is 0 Å². The number of aliphatic hydroxyl groups excluding tert-OH is 1. The maximum Gasteiger partial charge on any atom is 0.0845 e. The number of nitrogens with zero attached hydrogens (tertiary/aromatic N) is 2. The first-order chi connectivity index (χ1) is 13.5. The fraction of sp³-hybridized carbons (Fsp3) is 0.520. The van der Waals surface area contributed by atoms with E-state index in [0.717, 1.165) is 19.6 Å². The van der Waals surface area contributed by atoms with Crippen LogP contribution in [0.3, 0.4) is 0 Å². The number of aromatic nitrogens is 1. The summed E-state index contributed by atoms with van der Waals surface area (Å²) in [7, 11) is 0. The van der Waals surface area contributed by atoms with Crippen LogP contribution >= 0.6 is 0 Å². The Bertz CT molecular complexity index is 815. The molecule has 1 aromatic heterocycles. The van der Waals surface area contributed by atoms with Gasteiger partial charge in [0.2, 0.25) is 0 Å². The number of benzene rings is 2. The van der Waals surface area contributed by atoms with Crippen molar-refractivity contribution >= 4 is 21.8 Å². The van der Waals surface area contributed by atoms with Crippen molar-refractivity contribution < 1.29 is 5.11 Å². The Morgan fingerprint density at radius 1 is 0.786 bits per heavy atom. The second kappa shape index (κ2) is 9.58. The second-order valence-electron chi connectivity index (χ2n) is 8.96. The first-order valence-electron chi connectivity index (χ1n) is 10.8. The summed E-state index contributed by atoms with van der Waals surface area (Å²) >= 11 is 0. The number of hydrogen-bond acceptors (Lipinski definition) is 2. The normalized spacial score (nSPS) is 13.4. The van der Waals surface area contributed by atoms with Gasteiger partial charge in [0, 0.05) is 28.4 Å². The summed E-state index contributed by atoms with van der Waals surface area (Å²) in [6, 6.07) is 17.0. The molecule has 0 saturated carbocycles. The van der Waals surface area contributed by atoms with Crippen molar-refractivity contribution in [1.29, 1.82) is 0 Å². The molecule has 0 amide bonds. The van der Waals surface area contributed by atoms with Crippen LogP contribution in [0.25, 0.3) is 21.8 Å². The third-order valence-electron chi connectivity index (χ3n) is 5.59. The molecule has 0 aliphatic carbocycles. The van der Waals surface area contributed by atoms with E-state index < -0.39 is 0 Å². The van der Waals surface area contributed by atoms with Gasteiger partial charge in [0.1, 0.15) is 0 Å². The van der Waals surface area contributed by atoms with Crippen LogP contribution in [0.15, 0.2) is 48.5 Å². The van der Waals surface area contributed by atoms with Gasteiger partial charge in [0.05, 0.1) is 12.6 Å². The van der Waals surface area contributed by atoms with Crippen molar-refractivity contribution in [1.82, 2.24) is 9.47 Å². The molecule has 0 fully saturated rings. The molecule has 3 rings (SSSR count).